The highest BCUT2D eigenvalue weighted by molar-refractivity contribution is 8.14. The molecule has 0 amide bonds. The van der Waals surface area contributed by atoms with E-state index in [0.717, 1.165) is 23.0 Å². The van der Waals surface area contributed by atoms with Crippen molar-refractivity contribution in [3.05, 3.63) is 17.2 Å². The number of hydrogen-bond acceptors (Lipinski definition) is 5. The zero-order chi connectivity index (χ0) is 14.8. The highest BCUT2D eigenvalue weighted by Crippen LogP contribution is 2.37. The first kappa shape index (κ1) is 15.3. The molecule has 0 spiro atoms. The molecular weight excluding hydrogens is 296 g/mol. The number of rotatable bonds is 3. The summed E-state index contributed by atoms with van der Waals surface area (Å²) >= 11 is 7.81. The Morgan fingerprint density at radius 1 is 1.25 bits per heavy atom. The first-order chi connectivity index (χ1) is 9.45. The summed E-state index contributed by atoms with van der Waals surface area (Å²) in [6.45, 7) is 4.27. The number of ether oxygens (including phenoxy) is 2. The number of nitrogens with one attached hydrogen (secondary N) is 1. The molecule has 20 heavy (non-hydrogen) atoms. The Bertz CT molecular complexity index is 532. The molecule has 1 N–H and O–H groups in total. The fourth-order valence-corrected chi connectivity index (χ4v) is 3.42. The van der Waals surface area contributed by atoms with Gasteiger partial charge in [0, 0.05) is 17.9 Å². The lowest BCUT2D eigenvalue weighted by Gasteiger charge is -2.26. The number of anilines is 1. The normalized spacial score (nSPS) is 17.4. The Morgan fingerprint density at radius 2 is 1.95 bits per heavy atom. The van der Waals surface area contributed by atoms with E-state index in [1.165, 1.54) is 0 Å². The quantitative estimate of drug-likeness (QED) is 0.914. The van der Waals surface area contributed by atoms with Crippen LogP contribution in [0.25, 0.3) is 0 Å². The van der Waals surface area contributed by atoms with E-state index in [-0.39, 0.29) is 5.54 Å². The number of halogens is 1. The van der Waals surface area contributed by atoms with Gasteiger partial charge >= 0.3 is 0 Å². The Morgan fingerprint density at radius 3 is 2.55 bits per heavy atom. The van der Waals surface area contributed by atoms with Crippen molar-refractivity contribution < 1.29 is 9.47 Å². The molecular formula is C14H19ClN2O2S. The third-order valence-electron chi connectivity index (χ3n) is 3.07. The van der Waals surface area contributed by atoms with Crippen LogP contribution in [0.1, 0.15) is 20.3 Å². The Kier molecular flexibility index (Phi) is 4.70. The van der Waals surface area contributed by atoms with Crippen molar-refractivity contribution in [2.75, 3.05) is 25.3 Å². The number of hydrogen-bond donors (Lipinski definition) is 1. The molecule has 0 saturated heterocycles. The number of methoxy groups -OCH3 is 2. The second kappa shape index (κ2) is 6.14. The lowest BCUT2D eigenvalue weighted by atomic mass is 10.0. The monoisotopic (exact) mass is 314 g/mol. The number of aliphatic imine (C=N–C) groups is 1. The molecule has 0 saturated carbocycles. The highest BCUT2D eigenvalue weighted by Gasteiger charge is 2.23. The van der Waals surface area contributed by atoms with Gasteiger partial charge in [-0.25, -0.2) is 0 Å². The van der Waals surface area contributed by atoms with E-state index < -0.39 is 0 Å². The molecule has 1 heterocycles. The average Bonchev–Trinajstić information content (AvgIpc) is 2.39. The lowest BCUT2D eigenvalue weighted by molar-refractivity contribution is 0.405. The molecule has 110 valence electrons. The molecule has 2 rings (SSSR count). The van der Waals surface area contributed by atoms with Crippen molar-refractivity contribution in [1.29, 1.82) is 0 Å². The number of thioether (sulfide) groups is 1. The molecule has 0 aliphatic carbocycles. The fourth-order valence-electron chi connectivity index (χ4n) is 1.90. The third-order valence-corrected chi connectivity index (χ3v) is 4.24. The van der Waals surface area contributed by atoms with Crippen LogP contribution in [0.15, 0.2) is 17.1 Å². The molecule has 4 nitrogen and oxygen atoms in total. The zero-order valence-corrected chi connectivity index (χ0v) is 13.7. The van der Waals surface area contributed by atoms with E-state index in [2.05, 4.69) is 19.2 Å². The zero-order valence-electron chi connectivity index (χ0n) is 12.1. The molecule has 1 aromatic rings. The van der Waals surface area contributed by atoms with Crippen LogP contribution in [-0.2, 0) is 0 Å². The van der Waals surface area contributed by atoms with E-state index in [0.29, 0.717) is 16.5 Å². The molecule has 6 heteroatoms. The summed E-state index contributed by atoms with van der Waals surface area (Å²) in [6.07, 6.45) is 1.07. The van der Waals surface area contributed by atoms with Gasteiger partial charge < -0.3 is 14.8 Å². The van der Waals surface area contributed by atoms with Crippen molar-refractivity contribution in [3.8, 4) is 11.5 Å². The van der Waals surface area contributed by atoms with Crippen LogP contribution < -0.4 is 14.8 Å². The first-order valence-electron chi connectivity index (χ1n) is 6.36. The number of amidine groups is 1. The van der Waals surface area contributed by atoms with Gasteiger partial charge in [-0.05, 0) is 20.3 Å². The fraction of sp³-hybridized carbons (Fsp3) is 0.500. The molecule has 1 aliphatic heterocycles. The number of nitrogens with zero attached hydrogens (tertiary/aromatic N) is 1. The van der Waals surface area contributed by atoms with Crippen LogP contribution in [0.4, 0.5) is 5.69 Å². The minimum Gasteiger partial charge on any atom is -0.495 e. The molecule has 0 aromatic heterocycles. The summed E-state index contributed by atoms with van der Waals surface area (Å²) in [6, 6.07) is 3.56. The second-order valence-electron chi connectivity index (χ2n) is 5.14. The smallest absolute Gasteiger partial charge is 0.161 e. The highest BCUT2D eigenvalue weighted by atomic mass is 35.5. The standard InChI is InChI=1S/C14H19ClN2O2S/c1-14(2)5-6-20-13(17-14)16-10-8-11(18-3)9(15)7-12(10)19-4/h7-8H,5-6H2,1-4H3,(H,16,17). The average molecular weight is 315 g/mol. The molecule has 0 bridgehead atoms. The van der Waals surface area contributed by atoms with Crippen molar-refractivity contribution >= 4 is 34.2 Å². The Balaban J connectivity index is 2.31. The van der Waals surface area contributed by atoms with Gasteiger partial charge in [0.1, 0.15) is 11.5 Å². The third kappa shape index (κ3) is 3.52. The molecule has 1 aromatic carbocycles. The topological polar surface area (TPSA) is 42.8 Å². The van der Waals surface area contributed by atoms with Gasteiger partial charge in [0.25, 0.3) is 0 Å². The van der Waals surface area contributed by atoms with E-state index in [4.69, 9.17) is 26.1 Å². The lowest BCUT2D eigenvalue weighted by Crippen LogP contribution is -2.27. The van der Waals surface area contributed by atoms with Crippen molar-refractivity contribution in [2.45, 2.75) is 25.8 Å². The van der Waals surface area contributed by atoms with Crippen molar-refractivity contribution in [3.63, 3.8) is 0 Å². The van der Waals surface area contributed by atoms with E-state index in [1.807, 2.05) is 6.07 Å². The summed E-state index contributed by atoms with van der Waals surface area (Å²) in [5.41, 5.74) is 0.773. The van der Waals surface area contributed by atoms with Gasteiger partial charge in [0.2, 0.25) is 0 Å². The van der Waals surface area contributed by atoms with Crippen molar-refractivity contribution in [2.24, 2.45) is 4.99 Å². The predicted octanol–water partition coefficient (Wildman–Crippen LogP) is 4.04. The minimum absolute atomic E-state index is 0.0304. The maximum Gasteiger partial charge on any atom is 0.161 e. The van der Waals surface area contributed by atoms with Crippen LogP contribution in [0.3, 0.4) is 0 Å². The summed E-state index contributed by atoms with van der Waals surface area (Å²) in [5, 5.41) is 4.72. The molecule has 1 aliphatic rings. The van der Waals surface area contributed by atoms with E-state index >= 15 is 0 Å². The van der Waals surface area contributed by atoms with Crippen LogP contribution in [0.5, 0.6) is 11.5 Å². The van der Waals surface area contributed by atoms with Gasteiger partial charge in [0.15, 0.2) is 5.17 Å². The minimum atomic E-state index is -0.0304. The van der Waals surface area contributed by atoms with Crippen LogP contribution in [0.2, 0.25) is 5.02 Å². The Hall–Kier alpha value is -1.07. The van der Waals surface area contributed by atoms with Gasteiger partial charge in [-0.1, -0.05) is 23.4 Å². The van der Waals surface area contributed by atoms with Gasteiger partial charge in [-0.2, -0.15) is 0 Å². The summed E-state index contributed by atoms with van der Waals surface area (Å²) in [5.74, 6) is 2.32. The summed E-state index contributed by atoms with van der Waals surface area (Å²) < 4.78 is 10.6. The van der Waals surface area contributed by atoms with Crippen LogP contribution >= 0.6 is 23.4 Å². The van der Waals surface area contributed by atoms with E-state index in [1.54, 1.807) is 32.0 Å². The number of benzene rings is 1. The molecule has 0 radical (unpaired) electrons. The molecule has 0 fully saturated rings. The van der Waals surface area contributed by atoms with Crippen LogP contribution in [0, 0.1) is 0 Å². The Labute approximate surface area is 128 Å². The van der Waals surface area contributed by atoms with Gasteiger partial charge in [-0.3, -0.25) is 4.99 Å². The molecule has 0 atom stereocenters. The maximum atomic E-state index is 6.10. The largest absolute Gasteiger partial charge is 0.495 e. The van der Waals surface area contributed by atoms with Crippen LogP contribution in [-0.4, -0.2) is 30.7 Å². The summed E-state index contributed by atoms with van der Waals surface area (Å²) in [7, 11) is 3.20. The first-order valence-corrected chi connectivity index (χ1v) is 7.73. The van der Waals surface area contributed by atoms with Gasteiger partial charge in [0.05, 0.1) is 30.5 Å². The van der Waals surface area contributed by atoms with Gasteiger partial charge in [-0.15, -0.1) is 0 Å². The maximum absolute atomic E-state index is 6.10. The molecule has 0 unspecified atom stereocenters. The predicted molar refractivity (Wildman–Crippen MR) is 86.8 cm³/mol. The summed E-state index contributed by atoms with van der Waals surface area (Å²) in [4.78, 5) is 4.70. The van der Waals surface area contributed by atoms with Crippen molar-refractivity contribution in [1.82, 2.24) is 0 Å². The second-order valence-corrected chi connectivity index (χ2v) is 6.63. The van der Waals surface area contributed by atoms with E-state index in [9.17, 15) is 0 Å². The SMILES string of the molecule is COc1cc(NC2=NC(C)(C)CCS2)c(OC)cc1Cl.